The van der Waals surface area contributed by atoms with E-state index in [1.54, 1.807) is 0 Å². The molecule has 0 radical (unpaired) electrons. The maximum Gasteiger partial charge on any atom is 0.346 e. The number of rotatable bonds is 4. The van der Waals surface area contributed by atoms with Crippen molar-refractivity contribution in [3.63, 3.8) is 0 Å². The van der Waals surface area contributed by atoms with E-state index in [9.17, 15) is 9.59 Å². The molecule has 0 atom stereocenters. The molecule has 0 unspecified atom stereocenters. The summed E-state index contributed by atoms with van der Waals surface area (Å²) in [6.45, 7) is 6.29. The van der Waals surface area contributed by atoms with Crippen LogP contribution < -0.4 is 10.6 Å². The SMILES string of the molecule is C=C1C=NC(=O)NC1=NC(=O)NCCCCC. The molecule has 1 aliphatic heterocycles. The maximum absolute atomic E-state index is 11.4. The van der Waals surface area contributed by atoms with Crippen molar-refractivity contribution in [3.05, 3.63) is 12.2 Å². The van der Waals surface area contributed by atoms with Crippen molar-refractivity contribution >= 4 is 24.1 Å². The summed E-state index contributed by atoms with van der Waals surface area (Å²) in [4.78, 5) is 29.5. The monoisotopic (exact) mass is 236 g/mol. The van der Waals surface area contributed by atoms with Crippen LogP contribution in [-0.2, 0) is 0 Å². The third-order valence-corrected chi connectivity index (χ3v) is 2.14. The lowest BCUT2D eigenvalue weighted by atomic mass is 10.2. The number of urea groups is 2. The van der Waals surface area contributed by atoms with Gasteiger partial charge in [0.2, 0.25) is 0 Å². The van der Waals surface area contributed by atoms with Gasteiger partial charge in [-0.1, -0.05) is 26.3 Å². The molecule has 6 nitrogen and oxygen atoms in total. The van der Waals surface area contributed by atoms with Crippen LogP contribution in [0, 0.1) is 0 Å². The van der Waals surface area contributed by atoms with Crippen LogP contribution in [0.3, 0.4) is 0 Å². The number of amidine groups is 1. The molecule has 0 saturated carbocycles. The van der Waals surface area contributed by atoms with Crippen LogP contribution in [0.25, 0.3) is 0 Å². The van der Waals surface area contributed by atoms with E-state index in [2.05, 4.69) is 34.1 Å². The largest absolute Gasteiger partial charge is 0.346 e. The zero-order valence-electron chi connectivity index (χ0n) is 9.82. The molecule has 1 heterocycles. The highest BCUT2D eigenvalue weighted by molar-refractivity contribution is 6.25. The number of carbonyl (C=O) groups is 2. The molecule has 0 aromatic rings. The molecule has 0 saturated heterocycles. The molecule has 92 valence electrons. The van der Waals surface area contributed by atoms with Crippen molar-refractivity contribution in [2.24, 2.45) is 9.98 Å². The van der Waals surface area contributed by atoms with Gasteiger partial charge in [-0.25, -0.2) is 14.6 Å². The zero-order chi connectivity index (χ0) is 12.7. The van der Waals surface area contributed by atoms with Crippen LogP contribution in [-0.4, -0.2) is 30.7 Å². The van der Waals surface area contributed by atoms with Gasteiger partial charge in [-0.2, -0.15) is 4.99 Å². The summed E-state index contributed by atoms with van der Waals surface area (Å²) in [5, 5.41) is 4.99. The average Bonchev–Trinajstić information content (AvgIpc) is 2.29. The lowest BCUT2D eigenvalue weighted by Gasteiger charge is -2.10. The number of hydrogen-bond acceptors (Lipinski definition) is 2. The summed E-state index contributed by atoms with van der Waals surface area (Å²) >= 11 is 0. The first-order chi connectivity index (χ1) is 8.13. The fourth-order valence-corrected chi connectivity index (χ4v) is 1.22. The van der Waals surface area contributed by atoms with Gasteiger partial charge in [-0.15, -0.1) is 0 Å². The summed E-state index contributed by atoms with van der Waals surface area (Å²) in [6, 6.07) is -1.03. The highest BCUT2D eigenvalue weighted by Crippen LogP contribution is 1.97. The smallest absolute Gasteiger partial charge is 0.336 e. The molecule has 4 amide bonds. The fraction of sp³-hybridized carbons (Fsp3) is 0.455. The van der Waals surface area contributed by atoms with Gasteiger partial charge in [0, 0.05) is 18.3 Å². The second-order valence-corrected chi connectivity index (χ2v) is 3.61. The number of nitrogens with one attached hydrogen (secondary N) is 2. The Hall–Kier alpha value is -1.98. The van der Waals surface area contributed by atoms with E-state index in [4.69, 9.17) is 0 Å². The molecule has 0 aliphatic carbocycles. The first-order valence-corrected chi connectivity index (χ1v) is 5.54. The standard InChI is InChI=1S/C11H16N4O2/c1-3-4-5-6-12-10(16)14-9-8(2)7-13-11(17)15-9/h7H,2-6H2,1H3,(H2,12,14,15,16,17). The number of aliphatic imine (C=N–C) groups is 2. The lowest BCUT2D eigenvalue weighted by molar-refractivity contribution is 0.249. The summed E-state index contributed by atoms with van der Waals surface area (Å²) < 4.78 is 0. The van der Waals surface area contributed by atoms with Gasteiger partial charge in [0.25, 0.3) is 0 Å². The zero-order valence-corrected chi connectivity index (χ0v) is 9.82. The van der Waals surface area contributed by atoms with Crippen LogP contribution in [0.1, 0.15) is 26.2 Å². The first kappa shape index (κ1) is 13.1. The molecule has 0 aromatic carbocycles. The minimum absolute atomic E-state index is 0.151. The van der Waals surface area contributed by atoms with Crippen LogP contribution in [0.4, 0.5) is 9.59 Å². The normalized spacial score (nSPS) is 17.1. The Labute approximate surface area is 99.9 Å². The quantitative estimate of drug-likeness (QED) is 0.727. The Kier molecular flexibility index (Phi) is 5.06. The third kappa shape index (κ3) is 4.58. The Morgan fingerprint density at radius 3 is 3.06 bits per heavy atom. The Balaban J connectivity index is 2.45. The van der Waals surface area contributed by atoms with Gasteiger partial charge in [-0.3, -0.25) is 5.32 Å². The topological polar surface area (TPSA) is 82.9 Å². The number of nitrogens with zero attached hydrogens (tertiary/aromatic N) is 2. The Morgan fingerprint density at radius 1 is 1.59 bits per heavy atom. The van der Waals surface area contributed by atoms with Crippen LogP contribution in [0.5, 0.6) is 0 Å². The van der Waals surface area contributed by atoms with Crippen molar-refractivity contribution in [2.75, 3.05) is 6.54 Å². The van der Waals surface area contributed by atoms with Crippen LogP contribution in [0.2, 0.25) is 0 Å². The van der Waals surface area contributed by atoms with Crippen molar-refractivity contribution in [1.29, 1.82) is 0 Å². The van der Waals surface area contributed by atoms with E-state index in [0.29, 0.717) is 12.1 Å². The highest BCUT2D eigenvalue weighted by Gasteiger charge is 2.13. The predicted molar refractivity (Wildman–Crippen MR) is 66.5 cm³/mol. The van der Waals surface area contributed by atoms with E-state index < -0.39 is 12.1 Å². The minimum atomic E-state index is -0.546. The Morgan fingerprint density at radius 2 is 2.35 bits per heavy atom. The van der Waals surface area contributed by atoms with Gasteiger partial charge in [0.05, 0.1) is 0 Å². The Bertz CT molecular complexity index is 385. The number of hydrogen-bond donors (Lipinski definition) is 2. The number of carbonyl (C=O) groups excluding carboxylic acids is 2. The van der Waals surface area contributed by atoms with Crippen LogP contribution >= 0.6 is 0 Å². The van der Waals surface area contributed by atoms with Crippen molar-refractivity contribution < 1.29 is 9.59 Å². The summed E-state index contributed by atoms with van der Waals surface area (Å²) in [6.07, 6.45) is 4.35. The van der Waals surface area contributed by atoms with Gasteiger partial charge in [0.15, 0.2) is 0 Å². The molecular formula is C11H16N4O2. The molecule has 0 aromatic heterocycles. The predicted octanol–water partition coefficient (Wildman–Crippen LogP) is 1.63. The van der Waals surface area contributed by atoms with E-state index in [0.717, 1.165) is 19.3 Å². The van der Waals surface area contributed by atoms with Gasteiger partial charge < -0.3 is 5.32 Å². The molecule has 0 fully saturated rings. The summed E-state index contributed by atoms with van der Waals surface area (Å²) in [5.41, 5.74) is 0.410. The average molecular weight is 236 g/mol. The van der Waals surface area contributed by atoms with Crippen molar-refractivity contribution in [2.45, 2.75) is 26.2 Å². The second-order valence-electron chi connectivity index (χ2n) is 3.61. The van der Waals surface area contributed by atoms with Gasteiger partial charge in [0.1, 0.15) is 5.84 Å². The molecule has 1 aliphatic rings. The molecule has 2 N–H and O–H groups in total. The van der Waals surface area contributed by atoms with E-state index in [1.807, 2.05) is 0 Å². The van der Waals surface area contributed by atoms with Crippen LogP contribution in [0.15, 0.2) is 22.1 Å². The fourth-order valence-electron chi connectivity index (χ4n) is 1.22. The van der Waals surface area contributed by atoms with Crippen molar-refractivity contribution in [1.82, 2.24) is 10.6 Å². The summed E-state index contributed by atoms with van der Waals surface area (Å²) in [5.74, 6) is 0.151. The van der Waals surface area contributed by atoms with Gasteiger partial charge >= 0.3 is 12.1 Å². The van der Waals surface area contributed by atoms with Crippen molar-refractivity contribution in [3.8, 4) is 0 Å². The van der Waals surface area contributed by atoms with E-state index in [1.165, 1.54) is 6.21 Å². The molecular weight excluding hydrogens is 220 g/mol. The van der Waals surface area contributed by atoms with E-state index >= 15 is 0 Å². The van der Waals surface area contributed by atoms with E-state index in [-0.39, 0.29) is 5.84 Å². The summed E-state index contributed by atoms with van der Waals surface area (Å²) in [7, 11) is 0. The molecule has 0 spiro atoms. The second kappa shape index (κ2) is 6.57. The lowest BCUT2D eigenvalue weighted by Crippen LogP contribution is -2.35. The molecule has 6 heteroatoms. The molecule has 0 bridgehead atoms. The number of amides is 4. The minimum Gasteiger partial charge on any atom is -0.336 e. The molecule has 1 rings (SSSR count). The third-order valence-electron chi connectivity index (χ3n) is 2.14. The first-order valence-electron chi connectivity index (χ1n) is 5.54. The molecule has 17 heavy (non-hydrogen) atoms. The number of unbranched alkanes of at least 4 members (excludes halogenated alkanes) is 2. The highest BCUT2D eigenvalue weighted by atomic mass is 16.2. The van der Waals surface area contributed by atoms with Gasteiger partial charge in [-0.05, 0) is 6.42 Å². The maximum atomic E-state index is 11.4.